The van der Waals surface area contributed by atoms with E-state index in [1.54, 1.807) is 0 Å². The summed E-state index contributed by atoms with van der Waals surface area (Å²) in [6, 6.07) is 0. The molecular weight excluding hydrogens is 160 g/mol. The lowest BCUT2D eigenvalue weighted by Crippen LogP contribution is -2.26. The Balaban J connectivity index is 4.66. The Hall–Kier alpha value is -1.58. The van der Waals surface area contributed by atoms with Crippen LogP contribution in [0, 0.1) is 11.8 Å². The number of aliphatic carboxylic acids is 2. The molecule has 4 heteroatoms. The fraction of sp³-hybridized carbons (Fsp3) is 0.250. The van der Waals surface area contributed by atoms with Gasteiger partial charge in [0.2, 0.25) is 0 Å². The molecule has 0 aromatic rings. The predicted molar refractivity (Wildman–Crippen MR) is 42.6 cm³/mol. The summed E-state index contributed by atoms with van der Waals surface area (Å²) < 4.78 is 0. The second-order valence-corrected chi connectivity index (χ2v) is 2.20. The van der Waals surface area contributed by atoms with Crippen LogP contribution in [-0.2, 0) is 9.59 Å². The molecule has 0 aliphatic heterocycles. The molecule has 0 aliphatic carbocycles. The minimum Gasteiger partial charge on any atom is -0.481 e. The number of carboxylic acid groups (broad SMARTS) is 2. The van der Waals surface area contributed by atoms with Gasteiger partial charge in [0, 0.05) is 0 Å². The molecule has 0 aliphatic rings. The molecule has 0 radical (unpaired) electrons. The maximum atomic E-state index is 10.5. The third kappa shape index (κ3) is 2.23. The molecular formula is C8H10O4. The van der Waals surface area contributed by atoms with Crippen molar-refractivity contribution in [1.29, 1.82) is 0 Å². The van der Waals surface area contributed by atoms with E-state index in [1.165, 1.54) is 0 Å². The molecule has 0 bridgehead atoms. The average molecular weight is 170 g/mol. The first-order valence-corrected chi connectivity index (χ1v) is 3.25. The van der Waals surface area contributed by atoms with Crippen molar-refractivity contribution in [3.63, 3.8) is 0 Å². The molecule has 0 saturated heterocycles. The van der Waals surface area contributed by atoms with Gasteiger partial charge in [-0.2, -0.15) is 0 Å². The van der Waals surface area contributed by atoms with Crippen LogP contribution in [0.3, 0.4) is 0 Å². The molecule has 0 amide bonds. The maximum Gasteiger partial charge on any atom is 0.311 e. The number of hydrogen-bond donors (Lipinski definition) is 2. The smallest absolute Gasteiger partial charge is 0.311 e. The molecule has 2 unspecified atom stereocenters. The zero-order chi connectivity index (χ0) is 9.72. The highest BCUT2D eigenvalue weighted by atomic mass is 16.4. The number of carboxylic acids is 2. The quantitative estimate of drug-likeness (QED) is 0.597. The van der Waals surface area contributed by atoms with Crippen LogP contribution in [-0.4, -0.2) is 22.2 Å². The molecule has 66 valence electrons. The van der Waals surface area contributed by atoms with Gasteiger partial charge < -0.3 is 10.2 Å². The summed E-state index contributed by atoms with van der Waals surface area (Å²) in [4.78, 5) is 20.9. The van der Waals surface area contributed by atoms with Gasteiger partial charge in [0.05, 0.1) is 11.8 Å². The molecule has 12 heavy (non-hydrogen) atoms. The monoisotopic (exact) mass is 170 g/mol. The molecule has 0 aromatic carbocycles. The van der Waals surface area contributed by atoms with Crippen LogP contribution in [0.15, 0.2) is 25.3 Å². The van der Waals surface area contributed by atoms with Crippen LogP contribution < -0.4 is 0 Å². The molecule has 2 N–H and O–H groups in total. The second-order valence-electron chi connectivity index (χ2n) is 2.20. The molecule has 0 aromatic heterocycles. The lowest BCUT2D eigenvalue weighted by Gasteiger charge is -2.11. The molecule has 0 heterocycles. The third-order valence-electron chi connectivity index (χ3n) is 1.47. The zero-order valence-electron chi connectivity index (χ0n) is 6.43. The number of carbonyl (C=O) groups is 2. The summed E-state index contributed by atoms with van der Waals surface area (Å²) in [6.45, 7) is 6.48. The van der Waals surface area contributed by atoms with Gasteiger partial charge in [-0.25, -0.2) is 0 Å². The fourth-order valence-corrected chi connectivity index (χ4v) is 0.802. The minimum absolute atomic E-state index is 1.09. The van der Waals surface area contributed by atoms with Gasteiger partial charge in [-0.1, -0.05) is 12.2 Å². The van der Waals surface area contributed by atoms with Crippen molar-refractivity contribution >= 4 is 11.9 Å². The minimum atomic E-state index is -1.21. The normalized spacial score (nSPS) is 14.3. The van der Waals surface area contributed by atoms with Gasteiger partial charge in [-0.3, -0.25) is 9.59 Å². The van der Waals surface area contributed by atoms with E-state index in [0.717, 1.165) is 12.2 Å². The van der Waals surface area contributed by atoms with E-state index in [2.05, 4.69) is 13.2 Å². The van der Waals surface area contributed by atoms with Gasteiger partial charge in [-0.05, 0) is 0 Å². The summed E-state index contributed by atoms with van der Waals surface area (Å²) in [5.41, 5.74) is 0. The van der Waals surface area contributed by atoms with E-state index >= 15 is 0 Å². The summed E-state index contributed by atoms with van der Waals surface area (Å²) in [7, 11) is 0. The molecule has 2 atom stereocenters. The Morgan fingerprint density at radius 3 is 1.33 bits per heavy atom. The van der Waals surface area contributed by atoms with E-state index < -0.39 is 23.8 Å². The van der Waals surface area contributed by atoms with Crippen LogP contribution >= 0.6 is 0 Å². The number of hydrogen-bond acceptors (Lipinski definition) is 2. The Labute approximate surface area is 69.8 Å². The SMILES string of the molecule is C=CC(C(=O)O)C(C=C)C(=O)O. The standard InChI is InChI=1S/C8H10O4/c1-3-5(7(9)10)6(4-2)8(11)12/h3-6H,1-2H2,(H,9,10)(H,11,12). The highest BCUT2D eigenvalue weighted by molar-refractivity contribution is 5.82. The van der Waals surface area contributed by atoms with Gasteiger partial charge >= 0.3 is 11.9 Å². The molecule has 0 rings (SSSR count). The van der Waals surface area contributed by atoms with Crippen molar-refractivity contribution in [3.05, 3.63) is 25.3 Å². The molecule has 0 spiro atoms. The third-order valence-corrected chi connectivity index (χ3v) is 1.47. The first kappa shape index (κ1) is 10.4. The van der Waals surface area contributed by atoms with Crippen LogP contribution in [0.1, 0.15) is 0 Å². The lowest BCUT2D eigenvalue weighted by atomic mass is 9.93. The summed E-state index contributed by atoms with van der Waals surface area (Å²) in [6.07, 6.45) is 2.17. The van der Waals surface area contributed by atoms with Crippen LogP contribution in [0.25, 0.3) is 0 Å². The van der Waals surface area contributed by atoms with E-state index in [1.807, 2.05) is 0 Å². The molecule has 0 saturated carbocycles. The van der Waals surface area contributed by atoms with Crippen molar-refractivity contribution in [2.24, 2.45) is 11.8 Å². The topological polar surface area (TPSA) is 74.6 Å². The molecule has 0 fully saturated rings. The van der Waals surface area contributed by atoms with Gasteiger partial charge in [0.1, 0.15) is 0 Å². The van der Waals surface area contributed by atoms with Crippen molar-refractivity contribution in [3.8, 4) is 0 Å². The average Bonchev–Trinajstić information content (AvgIpc) is 1.98. The Morgan fingerprint density at radius 2 is 1.25 bits per heavy atom. The van der Waals surface area contributed by atoms with Crippen LogP contribution in [0.2, 0.25) is 0 Å². The van der Waals surface area contributed by atoms with Crippen molar-refractivity contribution in [1.82, 2.24) is 0 Å². The summed E-state index contributed by atoms with van der Waals surface area (Å²) >= 11 is 0. The van der Waals surface area contributed by atoms with Crippen LogP contribution in [0.4, 0.5) is 0 Å². The highest BCUT2D eigenvalue weighted by Crippen LogP contribution is 2.14. The summed E-state index contributed by atoms with van der Waals surface area (Å²) in [5.74, 6) is -4.64. The predicted octanol–water partition coefficient (Wildman–Crippen LogP) is 0.760. The summed E-state index contributed by atoms with van der Waals surface area (Å²) in [5, 5.41) is 17.1. The lowest BCUT2D eigenvalue weighted by molar-refractivity contribution is -0.149. The van der Waals surface area contributed by atoms with Crippen molar-refractivity contribution < 1.29 is 19.8 Å². The van der Waals surface area contributed by atoms with Gasteiger partial charge in [0.15, 0.2) is 0 Å². The maximum absolute atomic E-state index is 10.5. The first-order chi connectivity index (χ1) is 5.54. The fourth-order valence-electron chi connectivity index (χ4n) is 0.802. The second kappa shape index (κ2) is 4.33. The Morgan fingerprint density at radius 1 is 1.00 bits per heavy atom. The van der Waals surface area contributed by atoms with Gasteiger partial charge in [0.25, 0.3) is 0 Å². The Kier molecular flexibility index (Phi) is 3.76. The number of rotatable bonds is 5. The van der Waals surface area contributed by atoms with E-state index in [0.29, 0.717) is 0 Å². The van der Waals surface area contributed by atoms with Gasteiger partial charge in [-0.15, -0.1) is 13.2 Å². The van der Waals surface area contributed by atoms with E-state index in [4.69, 9.17) is 10.2 Å². The highest BCUT2D eigenvalue weighted by Gasteiger charge is 2.28. The van der Waals surface area contributed by atoms with Crippen molar-refractivity contribution in [2.45, 2.75) is 0 Å². The zero-order valence-corrected chi connectivity index (χ0v) is 6.43. The largest absolute Gasteiger partial charge is 0.481 e. The Bertz CT molecular complexity index is 195. The van der Waals surface area contributed by atoms with E-state index in [-0.39, 0.29) is 0 Å². The molecule has 4 nitrogen and oxygen atoms in total. The van der Waals surface area contributed by atoms with Crippen molar-refractivity contribution in [2.75, 3.05) is 0 Å². The first-order valence-electron chi connectivity index (χ1n) is 3.25. The van der Waals surface area contributed by atoms with E-state index in [9.17, 15) is 9.59 Å². The van der Waals surface area contributed by atoms with Crippen LogP contribution in [0.5, 0.6) is 0 Å².